The van der Waals surface area contributed by atoms with Crippen LogP contribution in [0.5, 0.6) is 5.75 Å². The number of aliphatic carboxylic acids is 1. The van der Waals surface area contributed by atoms with E-state index in [0.717, 1.165) is 44.6 Å². The van der Waals surface area contributed by atoms with Crippen molar-refractivity contribution in [2.45, 2.75) is 140 Å². The molecule has 1 aliphatic heterocycles. The quantitative estimate of drug-likeness (QED) is 0.0176. The van der Waals surface area contributed by atoms with Crippen molar-refractivity contribution in [1.29, 1.82) is 0 Å². The van der Waals surface area contributed by atoms with E-state index >= 15 is 0 Å². The molecule has 89 heavy (non-hydrogen) atoms. The van der Waals surface area contributed by atoms with E-state index in [1.54, 1.807) is 42.5 Å². The Morgan fingerprint density at radius 3 is 1.80 bits per heavy atom. The number of carbonyl (C=O) groups excluding carboxylic acids is 8. The fraction of sp³-hybridized carbons (Fsp3) is 0.469. The Kier molecular flexibility index (Phi) is 29.8. The molecule has 0 saturated carbocycles. The van der Waals surface area contributed by atoms with Gasteiger partial charge in [-0.3, -0.25) is 38.6 Å². The number of hydrogen-bond donors (Lipinski definition) is 13. The van der Waals surface area contributed by atoms with Crippen LogP contribution in [0.3, 0.4) is 0 Å². The molecule has 0 bridgehead atoms. The maximum Gasteiger partial charge on any atom is 0.326 e. The van der Waals surface area contributed by atoms with E-state index in [9.17, 15) is 53.4 Å². The van der Waals surface area contributed by atoms with Crippen molar-refractivity contribution in [1.82, 2.24) is 47.4 Å². The molecule has 1 heterocycles. The number of piperidine rings is 1. The number of guanidine groups is 1. The number of unbranched alkanes of at least 4 members (excludes halogenated alkanes) is 1. The molecule has 16 N–H and O–H groups in total. The fourth-order valence-corrected chi connectivity index (χ4v) is 10.2. The number of carboxylic acids is 1. The lowest BCUT2D eigenvalue weighted by molar-refractivity contribution is -0.142. The number of phenols is 1. The number of carboxylic acid groups (broad SMARTS) is 1. The molecule has 0 unspecified atom stereocenters. The van der Waals surface area contributed by atoms with Gasteiger partial charge >= 0.3 is 12.0 Å². The Labute approximate surface area is 520 Å². The number of likely N-dealkylation sites (tertiary alicyclic amines) is 1. The molecule has 5 rings (SSSR count). The lowest BCUT2D eigenvalue weighted by atomic mass is 10.00. The molecule has 1 aliphatic rings. The topological polar surface area (TPSA) is 387 Å². The second-order valence-electron chi connectivity index (χ2n) is 22.7. The zero-order chi connectivity index (χ0) is 64.7. The SMILES string of the molecule is CC(C)C[C@@H](NC(=O)[C@H](Cc1ccccc1)NC(=O)CNC(=O)[C@@H](C)NC(=O)[C@@H](N)Cc1ccc(O)cc1)C(=O)N[C@@H](CCCN=C(N)N)C(=O)N[C@@H](CCCCNC(=O)NCCC(=O)N(c1ccccc1)C1CCN(CCc2ccccc2)CC1)C(=O)O. The molecule has 6 atom stereocenters. The number of benzene rings is 4. The van der Waals surface area contributed by atoms with Crippen LogP contribution in [0, 0.1) is 5.92 Å². The summed E-state index contributed by atoms with van der Waals surface area (Å²) >= 11 is 0. The van der Waals surface area contributed by atoms with Gasteiger partial charge in [0.05, 0.1) is 12.6 Å². The molecule has 0 aliphatic carbocycles. The molecule has 9 amide bonds. The van der Waals surface area contributed by atoms with Crippen molar-refractivity contribution in [3.8, 4) is 5.75 Å². The second kappa shape index (κ2) is 37.6. The maximum absolute atomic E-state index is 14.2. The molecule has 4 aromatic carbocycles. The van der Waals surface area contributed by atoms with Crippen LogP contribution in [0.4, 0.5) is 10.5 Å². The summed E-state index contributed by atoms with van der Waals surface area (Å²) < 4.78 is 0. The van der Waals surface area contributed by atoms with Crippen LogP contribution in [0.15, 0.2) is 120 Å². The average Bonchev–Trinajstić information content (AvgIpc) is 3.69. The summed E-state index contributed by atoms with van der Waals surface area (Å²) in [7, 11) is 0. The van der Waals surface area contributed by atoms with Crippen molar-refractivity contribution >= 4 is 65.0 Å². The molecule has 1 saturated heterocycles. The minimum Gasteiger partial charge on any atom is -0.508 e. The van der Waals surface area contributed by atoms with Crippen molar-refractivity contribution in [2.24, 2.45) is 28.1 Å². The molecule has 25 heteroatoms. The van der Waals surface area contributed by atoms with E-state index < -0.39 is 90.2 Å². The van der Waals surface area contributed by atoms with Crippen LogP contribution >= 0.6 is 0 Å². The van der Waals surface area contributed by atoms with E-state index in [4.69, 9.17) is 17.2 Å². The number of urea groups is 1. The fourth-order valence-electron chi connectivity index (χ4n) is 10.2. The molecule has 1 fully saturated rings. The first-order valence-electron chi connectivity index (χ1n) is 30.4. The highest BCUT2D eigenvalue weighted by molar-refractivity contribution is 5.97. The minimum absolute atomic E-state index is 0.0109. The highest BCUT2D eigenvalue weighted by Crippen LogP contribution is 2.25. The van der Waals surface area contributed by atoms with E-state index in [2.05, 4.69) is 64.6 Å². The molecular formula is C64H90N14O11. The Hall–Kier alpha value is -9.10. The zero-order valence-corrected chi connectivity index (χ0v) is 51.2. The number of para-hydroxylation sites is 1. The molecule has 0 aromatic heterocycles. The largest absolute Gasteiger partial charge is 0.508 e. The monoisotopic (exact) mass is 1230 g/mol. The Balaban J connectivity index is 1.11. The Bertz CT molecular complexity index is 2930. The Morgan fingerprint density at radius 1 is 0.607 bits per heavy atom. The number of nitrogens with zero attached hydrogens (tertiary/aromatic N) is 3. The van der Waals surface area contributed by atoms with Gasteiger partial charge in [-0.15, -0.1) is 0 Å². The second-order valence-corrected chi connectivity index (χ2v) is 22.7. The van der Waals surface area contributed by atoms with Crippen molar-refractivity contribution in [3.05, 3.63) is 132 Å². The Morgan fingerprint density at radius 2 is 1.17 bits per heavy atom. The molecule has 0 spiro atoms. The van der Waals surface area contributed by atoms with Gasteiger partial charge in [-0.05, 0) is 118 Å². The summed E-state index contributed by atoms with van der Waals surface area (Å²) in [6, 6.07) is 26.9. The minimum atomic E-state index is -1.39. The van der Waals surface area contributed by atoms with E-state index in [0.29, 0.717) is 17.5 Å². The molecule has 482 valence electrons. The van der Waals surface area contributed by atoms with Crippen LogP contribution in [0.1, 0.15) is 95.2 Å². The smallest absolute Gasteiger partial charge is 0.326 e. The molecule has 4 aromatic rings. The van der Waals surface area contributed by atoms with Crippen molar-refractivity contribution < 1.29 is 53.4 Å². The average molecular weight is 1230 g/mol. The van der Waals surface area contributed by atoms with Gasteiger partial charge in [0.2, 0.25) is 41.4 Å². The highest BCUT2D eigenvalue weighted by Gasteiger charge is 2.33. The first-order valence-corrected chi connectivity index (χ1v) is 30.4. The van der Waals surface area contributed by atoms with Gasteiger partial charge in [0.1, 0.15) is 36.0 Å². The number of nitrogens with one attached hydrogen (secondary N) is 8. The van der Waals surface area contributed by atoms with Gasteiger partial charge in [-0.1, -0.05) is 105 Å². The number of phenolic OH excluding ortho intramolecular Hbond substituents is 1. The predicted octanol–water partition coefficient (Wildman–Crippen LogP) is 1.85. The molecule has 0 radical (unpaired) electrons. The summed E-state index contributed by atoms with van der Waals surface area (Å²) in [5.74, 6) is -6.24. The summed E-state index contributed by atoms with van der Waals surface area (Å²) in [6.07, 6.45) is 3.55. The standard InChI is InChI=1S/C64H90N14O11/c1-42(2)38-53(76-61(86)54(40-45-18-9-5-10-19-45)73-55(80)41-71-57(82)43(3)72-58(83)50(65)39-46-24-26-49(79)27-25-46)60(85)74-51(23-15-33-68-63(66)67)59(84)75-52(62(87)88)22-13-14-32-69-64(89)70-34-28-56(81)78(47-20-11-6-12-21-47)48-30-36-77(37-31-48)35-29-44-16-7-4-8-17-44/h4-12,16-21,24-27,42-43,48,50-54,79H,13-15,22-23,28-41,65H2,1-3H3,(H,71,82)(H,72,83)(H,73,80)(H,74,85)(H,75,84)(H,76,86)(H,87,88)(H4,66,67,68)(H2,69,70,89)/t43-,50+,51+,52+,53-,54+/m1/s1. The van der Waals surface area contributed by atoms with Crippen molar-refractivity contribution in [2.75, 3.05) is 50.7 Å². The van der Waals surface area contributed by atoms with Gasteiger partial charge in [-0.2, -0.15) is 0 Å². The third-order valence-electron chi connectivity index (χ3n) is 15.0. The summed E-state index contributed by atoms with van der Waals surface area (Å²) in [6.45, 7) is 7.44. The van der Waals surface area contributed by atoms with Crippen LogP contribution in [0.25, 0.3) is 0 Å². The van der Waals surface area contributed by atoms with Gasteiger partial charge in [-0.25, -0.2) is 9.59 Å². The van der Waals surface area contributed by atoms with Crippen LogP contribution < -0.4 is 64.6 Å². The van der Waals surface area contributed by atoms with Crippen LogP contribution in [-0.4, -0.2) is 163 Å². The van der Waals surface area contributed by atoms with Crippen LogP contribution in [-0.2, 0) is 57.6 Å². The van der Waals surface area contributed by atoms with E-state index in [1.807, 2.05) is 67.3 Å². The molecule has 25 nitrogen and oxygen atoms in total. The number of aromatic hydroxyl groups is 1. The van der Waals surface area contributed by atoms with E-state index in [-0.39, 0.29) is 101 Å². The number of nitrogens with two attached hydrogens (primary N) is 3. The molecular weight excluding hydrogens is 1140 g/mol. The predicted molar refractivity (Wildman–Crippen MR) is 339 cm³/mol. The first kappa shape index (κ1) is 70.7. The van der Waals surface area contributed by atoms with Gasteiger partial charge < -0.3 is 79.7 Å². The number of aliphatic imine (C=N–C) groups is 1. The zero-order valence-electron chi connectivity index (χ0n) is 51.2. The highest BCUT2D eigenvalue weighted by atomic mass is 16.4. The lowest BCUT2D eigenvalue weighted by Crippen LogP contribution is -2.58. The number of amides is 9. The summed E-state index contributed by atoms with van der Waals surface area (Å²) in [5.41, 5.74) is 20.6. The van der Waals surface area contributed by atoms with Gasteiger partial charge in [0.15, 0.2) is 5.96 Å². The van der Waals surface area contributed by atoms with Gasteiger partial charge in [0, 0.05) is 63.8 Å². The number of hydrogen-bond acceptors (Lipinski definition) is 13. The van der Waals surface area contributed by atoms with Gasteiger partial charge in [0.25, 0.3) is 0 Å². The summed E-state index contributed by atoms with van der Waals surface area (Å²) in [5, 5.41) is 40.8. The maximum atomic E-state index is 14.2. The van der Waals surface area contributed by atoms with Crippen LogP contribution in [0.2, 0.25) is 0 Å². The number of rotatable bonds is 36. The third kappa shape index (κ3) is 26.0. The first-order chi connectivity index (χ1) is 42.6. The number of anilines is 1. The van der Waals surface area contributed by atoms with Crippen molar-refractivity contribution in [3.63, 3.8) is 0 Å². The third-order valence-corrected chi connectivity index (χ3v) is 15.0. The normalized spacial score (nSPS) is 14.4. The summed E-state index contributed by atoms with van der Waals surface area (Å²) in [4.78, 5) is 129. The lowest BCUT2D eigenvalue weighted by Gasteiger charge is -2.38. The number of carbonyl (C=O) groups is 9. The van der Waals surface area contributed by atoms with E-state index in [1.165, 1.54) is 24.6 Å².